The van der Waals surface area contributed by atoms with E-state index in [1.54, 1.807) is 41.2 Å². The van der Waals surface area contributed by atoms with E-state index < -0.39 is 17.6 Å². The lowest BCUT2D eigenvalue weighted by atomic mass is 9.97. The minimum Gasteiger partial charge on any atom is -0.366 e. The molecule has 140 valence electrons. The van der Waals surface area contributed by atoms with Crippen LogP contribution in [-0.4, -0.2) is 15.7 Å². The van der Waals surface area contributed by atoms with Crippen molar-refractivity contribution in [2.75, 3.05) is 0 Å². The number of aromatic nitrogens is 2. The van der Waals surface area contributed by atoms with E-state index in [9.17, 15) is 18.0 Å². The number of hydrogen-bond donors (Lipinski definition) is 1. The van der Waals surface area contributed by atoms with Crippen LogP contribution in [0.1, 0.15) is 15.9 Å². The molecule has 0 fully saturated rings. The second-order valence-electron chi connectivity index (χ2n) is 6.25. The van der Waals surface area contributed by atoms with Crippen LogP contribution < -0.4 is 5.73 Å². The molecule has 0 atom stereocenters. The third-order valence-electron chi connectivity index (χ3n) is 4.54. The van der Waals surface area contributed by atoms with E-state index >= 15 is 0 Å². The van der Waals surface area contributed by atoms with Gasteiger partial charge in [0.25, 0.3) is 0 Å². The molecule has 0 bridgehead atoms. The van der Waals surface area contributed by atoms with Crippen LogP contribution in [0, 0.1) is 0 Å². The fraction of sp³-hybridized carbons (Fsp3) is 0.0476. The molecule has 4 rings (SSSR count). The van der Waals surface area contributed by atoms with Crippen molar-refractivity contribution in [3.05, 3.63) is 84.1 Å². The smallest absolute Gasteiger partial charge is 0.366 e. The Labute approximate surface area is 158 Å². The lowest BCUT2D eigenvalue weighted by Crippen LogP contribution is -2.12. The van der Waals surface area contributed by atoms with Gasteiger partial charge in [-0.05, 0) is 47.5 Å². The first kappa shape index (κ1) is 17.8. The molecule has 4 aromatic rings. The Morgan fingerprint density at radius 2 is 1.57 bits per heavy atom. The summed E-state index contributed by atoms with van der Waals surface area (Å²) in [4.78, 5) is 11.8. The maximum Gasteiger partial charge on any atom is 0.416 e. The highest BCUT2D eigenvalue weighted by atomic mass is 19.4. The number of benzene rings is 3. The molecule has 2 N–H and O–H groups in total. The normalized spacial score (nSPS) is 11.7. The van der Waals surface area contributed by atoms with E-state index in [0.29, 0.717) is 22.3 Å². The summed E-state index contributed by atoms with van der Waals surface area (Å²) < 4.78 is 40.0. The number of amides is 1. The molecule has 1 aromatic heterocycles. The molecule has 1 amide bonds. The largest absolute Gasteiger partial charge is 0.416 e. The van der Waals surface area contributed by atoms with Crippen molar-refractivity contribution in [2.24, 2.45) is 5.73 Å². The molecule has 7 heteroatoms. The summed E-state index contributed by atoms with van der Waals surface area (Å²) in [5.41, 5.74) is 7.81. The van der Waals surface area contributed by atoms with Crippen molar-refractivity contribution >= 4 is 16.8 Å². The number of fused-ring (bicyclic) bond motifs is 1. The molecule has 0 unspecified atom stereocenters. The van der Waals surface area contributed by atoms with Crippen LogP contribution in [0.2, 0.25) is 0 Å². The number of nitrogens with two attached hydrogens (primary N) is 1. The summed E-state index contributed by atoms with van der Waals surface area (Å²) >= 11 is 0. The van der Waals surface area contributed by atoms with Gasteiger partial charge in [0.05, 0.1) is 23.0 Å². The highest BCUT2D eigenvalue weighted by Gasteiger charge is 2.30. The molecule has 3 aromatic carbocycles. The second-order valence-corrected chi connectivity index (χ2v) is 6.25. The van der Waals surface area contributed by atoms with E-state index in [2.05, 4.69) is 5.10 Å². The van der Waals surface area contributed by atoms with Crippen LogP contribution in [0.15, 0.2) is 72.9 Å². The summed E-state index contributed by atoms with van der Waals surface area (Å²) in [6.07, 6.45) is -2.77. The predicted molar refractivity (Wildman–Crippen MR) is 100 cm³/mol. The Bertz CT molecular complexity index is 1180. The van der Waals surface area contributed by atoms with Gasteiger partial charge in [-0.1, -0.05) is 30.3 Å². The van der Waals surface area contributed by atoms with Gasteiger partial charge in [0, 0.05) is 10.9 Å². The lowest BCUT2D eigenvalue weighted by molar-refractivity contribution is -0.137. The van der Waals surface area contributed by atoms with Crippen molar-refractivity contribution in [3.8, 4) is 16.8 Å². The van der Waals surface area contributed by atoms with Gasteiger partial charge in [0.1, 0.15) is 0 Å². The minimum atomic E-state index is -4.39. The van der Waals surface area contributed by atoms with Crippen molar-refractivity contribution in [1.82, 2.24) is 9.78 Å². The molecule has 0 radical (unpaired) electrons. The zero-order valence-electron chi connectivity index (χ0n) is 14.4. The number of nitrogens with zero attached hydrogens (tertiary/aromatic N) is 2. The molecule has 0 saturated heterocycles. The van der Waals surface area contributed by atoms with Gasteiger partial charge in [-0.2, -0.15) is 18.3 Å². The zero-order chi connectivity index (χ0) is 19.9. The van der Waals surface area contributed by atoms with E-state index in [0.717, 1.165) is 23.1 Å². The predicted octanol–water partition coefficient (Wildman–Crippen LogP) is 4.81. The van der Waals surface area contributed by atoms with E-state index in [-0.39, 0.29) is 0 Å². The Hall–Kier alpha value is -3.61. The van der Waals surface area contributed by atoms with Crippen LogP contribution in [0.25, 0.3) is 27.7 Å². The maximum absolute atomic E-state index is 12.8. The fourth-order valence-electron chi connectivity index (χ4n) is 3.22. The topological polar surface area (TPSA) is 60.9 Å². The molecule has 0 spiro atoms. The van der Waals surface area contributed by atoms with Crippen LogP contribution in [0.4, 0.5) is 13.2 Å². The van der Waals surface area contributed by atoms with Crippen molar-refractivity contribution < 1.29 is 18.0 Å². The number of halogens is 3. The first-order chi connectivity index (χ1) is 13.4. The number of primary amides is 1. The number of rotatable bonds is 3. The number of alkyl halides is 3. The number of hydrogen-bond acceptors (Lipinski definition) is 2. The van der Waals surface area contributed by atoms with Gasteiger partial charge in [0.15, 0.2) is 0 Å². The van der Waals surface area contributed by atoms with Gasteiger partial charge in [-0.3, -0.25) is 4.79 Å². The summed E-state index contributed by atoms with van der Waals surface area (Å²) in [5, 5.41) is 5.10. The molecular weight excluding hydrogens is 367 g/mol. The Balaban J connectivity index is 1.85. The summed E-state index contributed by atoms with van der Waals surface area (Å²) in [5.74, 6) is -0.539. The second kappa shape index (κ2) is 6.53. The van der Waals surface area contributed by atoms with Crippen LogP contribution in [0.5, 0.6) is 0 Å². The Kier molecular flexibility index (Phi) is 4.15. The third-order valence-corrected chi connectivity index (χ3v) is 4.54. The summed E-state index contributed by atoms with van der Waals surface area (Å²) in [7, 11) is 0. The van der Waals surface area contributed by atoms with Gasteiger partial charge in [-0.25, -0.2) is 4.68 Å². The molecule has 4 nitrogen and oxygen atoms in total. The molecule has 0 aliphatic carbocycles. The Morgan fingerprint density at radius 3 is 2.25 bits per heavy atom. The maximum atomic E-state index is 12.8. The van der Waals surface area contributed by atoms with Crippen LogP contribution >= 0.6 is 0 Å². The van der Waals surface area contributed by atoms with Crippen molar-refractivity contribution in [3.63, 3.8) is 0 Å². The average Bonchev–Trinajstić information content (AvgIpc) is 3.11. The number of carbonyl (C=O) groups excluding carboxylic acids is 1. The monoisotopic (exact) mass is 381 g/mol. The van der Waals surface area contributed by atoms with Crippen molar-refractivity contribution in [1.29, 1.82) is 0 Å². The van der Waals surface area contributed by atoms with Crippen LogP contribution in [0.3, 0.4) is 0 Å². The van der Waals surface area contributed by atoms with Gasteiger partial charge >= 0.3 is 6.18 Å². The van der Waals surface area contributed by atoms with E-state index in [1.807, 2.05) is 12.1 Å². The number of carbonyl (C=O) groups is 1. The quantitative estimate of drug-likeness (QED) is 0.554. The first-order valence-electron chi connectivity index (χ1n) is 8.40. The molecule has 0 aliphatic heterocycles. The van der Waals surface area contributed by atoms with Gasteiger partial charge < -0.3 is 5.73 Å². The van der Waals surface area contributed by atoms with E-state index in [4.69, 9.17) is 5.73 Å². The molecule has 1 heterocycles. The summed E-state index contributed by atoms with van der Waals surface area (Å²) in [6, 6.07) is 17.2. The summed E-state index contributed by atoms with van der Waals surface area (Å²) in [6.45, 7) is 0. The van der Waals surface area contributed by atoms with E-state index in [1.165, 1.54) is 12.1 Å². The zero-order valence-corrected chi connectivity index (χ0v) is 14.4. The van der Waals surface area contributed by atoms with Crippen molar-refractivity contribution in [2.45, 2.75) is 6.18 Å². The molecular formula is C21H14F3N3O. The van der Waals surface area contributed by atoms with Crippen LogP contribution in [-0.2, 0) is 6.18 Å². The standard InChI is InChI=1S/C21H14F3N3O/c22-21(23,24)13-8-10-14(11-9-13)27-19-7-3-6-16(18(19)12-26-27)15-4-1-2-5-17(15)20(25)28/h1-12H,(H2,25,28). The highest BCUT2D eigenvalue weighted by molar-refractivity contribution is 6.04. The molecule has 28 heavy (non-hydrogen) atoms. The lowest BCUT2D eigenvalue weighted by Gasteiger charge is -2.10. The molecule has 0 saturated carbocycles. The van der Waals surface area contributed by atoms with Gasteiger partial charge in [-0.15, -0.1) is 0 Å². The highest BCUT2D eigenvalue weighted by Crippen LogP contribution is 2.33. The molecule has 0 aliphatic rings. The third kappa shape index (κ3) is 3.00. The van der Waals surface area contributed by atoms with Gasteiger partial charge in [0.2, 0.25) is 5.91 Å². The fourth-order valence-corrected chi connectivity index (χ4v) is 3.22. The minimum absolute atomic E-state index is 0.386. The average molecular weight is 381 g/mol. The first-order valence-corrected chi connectivity index (χ1v) is 8.40. The SMILES string of the molecule is NC(=O)c1ccccc1-c1cccc2c1cnn2-c1ccc(C(F)(F)F)cc1. The Morgan fingerprint density at radius 1 is 0.893 bits per heavy atom.